The Balaban J connectivity index is 4.59. The number of hydrogen-bond donors (Lipinski definition) is 1. The summed E-state index contributed by atoms with van der Waals surface area (Å²) in [5, 5.41) is 3.35. The third-order valence-electron chi connectivity index (χ3n) is 3.74. The lowest BCUT2D eigenvalue weighted by atomic mass is 9.92. The van der Waals surface area contributed by atoms with Crippen molar-refractivity contribution in [3.05, 3.63) is 0 Å². The Hall–Kier alpha value is -0.650. The molecule has 5 nitrogen and oxygen atoms in total. The molecule has 0 aromatic carbocycles. The monoisotopic (exact) mass is 302 g/mol. The molecule has 5 heteroatoms. The average Bonchev–Trinajstić information content (AvgIpc) is 2.45. The zero-order chi connectivity index (χ0) is 16.3. The topological polar surface area (TPSA) is 50.8 Å². The number of hydrogen-bond acceptors (Lipinski definition) is 5. The van der Waals surface area contributed by atoms with Crippen LogP contribution in [0.4, 0.5) is 0 Å². The summed E-state index contributed by atoms with van der Waals surface area (Å²) in [6.45, 7) is 13.5. The number of rotatable bonds is 12. The van der Waals surface area contributed by atoms with Gasteiger partial charge < -0.3 is 19.7 Å². The van der Waals surface area contributed by atoms with Gasteiger partial charge in [0.05, 0.1) is 13.2 Å². The molecule has 0 aliphatic carbocycles. The van der Waals surface area contributed by atoms with Crippen LogP contribution in [-0.2, 0) is 14.3 Å². The molecule has 21 heavy (non-hydrogen) atoms. The number of nitrogens with zero attached hydrogens (tertiary/aromatic N) is 1. The van der Waals surface area contributed by atoms with Gasteiger partial charge in [-0.1, -0.05) is 6.92 Å². The van der Waals surface area contributed by atoms with Gasteiger partial charge in [0.25, 0.3) is 0 Å². The summed E-state index contributed by atoms with van der Waals surface area (Å²) >= 11 is 0. The van der Waals surface area contributed by atoms with E-state index in [2.05, 4.69) is 31.1 Å². The van der Waals surface area contributed by atoms with Crippen molar-refractivity contribution in [3.63, 3.8) is 0 Å². The smallest absolute Gasteiger partial charge is 0.326 e. The molecule has 0 amide bonds. The van der Waals surface area contributed by atoms with E-state index in [-0.39, 0.29) is 12.0 Å². The van der Waals surface area contributed by atoms with Crippen molar-refractivity contribution in [1.29, 1.82) is 0 Å². The lowest BCUT2D eigenvalue weighted by molar-refractivity contribution is -0.151. The Morgan fingerprint density at radius 2 is 1.95 bits per heavy atom. The van der Waals surface area contributed by atoms with E-state index in [0.717, 1.165) is 32.7 Å². The van der Waals surface area contributed by atoms with Crippen LogP contribution < -0.4 is 5.32 Å². The fourth-order valence-corrected chi connectivity index (χ4v) is 2.24. The maximum absolute atomic E-state index is 12.3. The number of esters is 1. The molecule has 0 aromatic rings. The fraction of sp³-hybridized carbons (Fsp3) is 0.938. The summed E-state index contributed by atoms with van der Waals surface area (Å²) < 4.78 is 10.6. The standard InChI is InChI=1S/C16H34N2O3/c1-7-10-17-16(5,15(19)21-9-3)13-14(4)18(6)11-12-20-8-2/h14,17H,7-13H2,1-6H3. The lowest BCUT2D eigenvalue weighted by Crippen LogP contribution is -2.54. The Kier molecular flexibility index (Phi) is 10.6. The third kappa shape index (κ3) is 7.79. The number of ether oxygens (including phenoxy) is 2. The van der Waals surface area contributed by atoms with Gasteiger partial charge in [0, 0.05) is 19.2 Å². The first-order chi connectivity index (χ1) is 9.91. The molecule has 0 saturated heterocycles. The molecular weight excluding hydrogens is 268 g/mol. The predicted octanol–water partition coefficient (Wildman–Crippen LogP) is 2.05. The van der Waals surface area contributed by atoms with Gasteiger partial charge in [0.2, 0.25) is 0 Å². The van der Waals surface area contributed by atoms with E-state index in [0.29, 0.717) is 13.0 Å². The molecule has 0 spiro atoms. The van der Waals surface area contributed by atoms with Gasteiger partial charge in [-0.25, -0.2) is 0 Å². The van der Waals surface area contributed by atoms with E-state index in [4.69, 9.17) is 9.47 Å². The molecule has 1 N–H and O–H groups in total. The van der Waals surface area contributed by atoms with E-state index in [1.54, 1.807) is 0 Å². The van der Waals surface area contributed by atoms with Gasteiger partial charge in [0.15, 0.2) is 0 Å². The molecule has 0 aliphatic heterocycles. The first-order valence-corrected chi connectivity index (χ1v) is 8.11. The van der Waals surface area contributed by atoms with Crippen molar-refractivity contribution in [2.24, 2.45) is 0 Å². The first kappa shape index (κ1) is 20.3. The molecule has 2 unspecified atom stereocenters. The van der Waals surface area contributed by atoms with Gasteiger partial charge in [-0.05, 0) is 54.1 Å². The minimum absolute atomic E-state index is 0.163. The van der Waals surface area contributed by atoms with Gasteiger partial charge in [-0.3, -0.25) is 4.79 Å². The van der Waals surface area contributed by atoms with Crippen LogP contribution >= 0.6 is 0 Å². The van der Waals surface area contributed by atoms with E-state index in [1.807, 2.05) is 20.8 Å². The minimum atomic E-state index is -0.634. The average molecular weight is 302 g/mol. The summed E-state index contributed by atoms with van der Waals surface area (Å²) in [4.78, 5) is 14.5. The highest BCUT2D eigenvalue weighted by atomic mass is 16.5. The highest BCUT2D eigenvalue weighted by Gasteiger charge is 2.36. The molecule has 0 bridgehead atoms. The van der Waals surface area contributed by atoms with Crippen LogP contribution in [0, 0.1) is 0 Å². The van der Waals surface area contributed by atoms with Crippen LogP contribution in [0.1, 0.15) is 47.5 Å². The van der Waals surface area contributed by atoms with Crippen molar-refractivity contribution in [1.82, 2.24) is 10.2 Å². The highest BCUT2D eigenvalue weighted by molar-refractivity contribution is 5.80. The largest absolute Gasteiger partial charge is 0.465 e. The van der Waals surface area contributed by atoms with Gasteiger partial charge in [-0.2, -0.15) is 0 Å². The fourth-order valence-electron chi connectivity index (χ4n) is 2.24. The normalized spacial score (nSPS) is 15.8. The Bertz CT molecular complexity index is 287. The van der Waals surface area contributed by atoms with E-state index in [1.165, 1.54) is 0 Å². The number of nitrogens with one attached hydrogen (secondary N) is 1. The van der Waals surface area contributed by atoms with Crippen molar-refractivity contribution in [2.45, 2.75) is 59.0 Å². The Labute approximate surface area is 130 Å². The SMILES string of the molecule is CCCNC(C)(CC(C)N(C)CCOCC)C(=O)OCC. The quantitative estimate of drug-likeness (QED) is 0.442. The molecule has 126 valence electrons. The summed E-state index contributed by atoms with van der Waals surface area (Å²) in [7, 11) is 2.06. The molecule has 0 saturated carbocycles. The molecule has 2 atom stereocenters. The Morgan fingerprint density at radius 1 is 1.29 bits per heavy atom. The van der Waals surface area contributed by atoms with Crippen molar-refractivity contribution < 1.29 is 14.3 Å². The predicted molar refractivity (Wildman–Crippen MR) is 86.5 cm³/mol. The molecular formula is C16H34N2O3. The van der Waals surface area contributed by atoms with E-state index < -0.39 is 5.54 Å². The zero-order valence-corrected chi connectivity index (χ0v) is 14.7. The second kappa shape index (κ2) is 11.0. The summed E-state index contributed by atoms with van der Waals surface area (Å²) in [6, 6.07) is 0.268. The van der Waals surface area contributed by atoms with Crippen LogP contribution in [0.3, 0.4) is 0 Å². The second-order valence-corrected chi connectivity index (χ2v) is 5.71. The maximum Gasteiger partial charge on any atom is 0.326 e. The van der Waals surface area contributed by atoms with Gasteiger partial charge in [0.1, 0.15) is 5.54 Å². The van der Waals surface area contributed by atoms with Gasteiger partial charge >= 0.3 is 5.97 Å². The van der Waals surface area contributed by atoms with Crippen molar-refractivity contribution in [2.75, 3.05) is 40.0 Å². The van der Waals surface area contributed by atoms with Crippen LogP contribution in [0.25, 0.3) is 0 Å². The minimum Gasteiger partial charge on any atom is -0.465 e. The molecule has 0 heterocycles. The van der Waals surface area contributed by atoms with Crippen molar-refractivity contribution in [3.8, 4) is 0 Å². The number of carbonyl (C=O) groups excluding carboxylic acids is 1. The van der Waals surface area contributed by atoms with Crippen LogP contribution in [0.2, 0.25) is 0 Å². The number of likely N-dealkylation sites (N-methyl/N-ethyl adjacent to an activating group) is 1. The third-order valence-corrected chi connectivity index (χ3v) is 3.74. The van der Waals surface area contributed by atoms with E-state index in [9.17, 15) is 4.79 Å². The lowest BCUT2D eigenvalue weighted by Gasteiger charge is -2.34. The maximum atomic E-state index is 12.3. The number of carbonyl (C=O) groups is 1. The van der Waals surface area contributed by atoms with Crippen molar-refractivity contribution >= 4 is 5.97 Å². The van der Waals surface area contributed by atoms with E-state index >= 15 is 0 Å². The molecule has 0 aromatic heterocycles. The summed E-state index contributed by atoms with van der Waals surface area (Å²) in [5.74, 6) is -0.163. The highest BCUT2D eigenvalue weighted by Crippen LogP contribution is 2.18. The van der Waals surface area contributed by atoms with Crippen LogP contribution in [0.5, 0.6) is 0 Å². The molecule has 0 aliphatic rings. The molecule has 0 fully saturated rings. The summed E-state index contributed by atoms with van der Waals surface area (Å²) in [6.07, 6.45) is 1.71. The van der Waals surface area contributed by atoms with Crippen LogP contribution in [0.15, 0.2) is 0 Å². The summed E-state index contributed by atoms with van der Waals surface area (Å²) in [5.41, 5.74) is -0.634. The zero-order valence-electron chi connectivity index (χ0n) is 14.7. The van der Waals surface area contributed by atoms with Gasteiger partial charge in [-0.15, -0.1) is 0 Å². The first-order valence-electron chi connectivity index (χ1n) is 8.11. The Morgan fingerprint density at radius 3 is 2.48 bits per heavy atom. The van der Waals surface area contributed by atoms with Crippen LogP contribution in [-0.4, -0.2) is 62.4 Å². The second-order valence-electron chi connectivity index (χ2n) is 5.71. The molecule has 0 rings (SSSR count). The molecule has 0 radical (unpaired) electrons.